The number of benzene rings is 2. The molecule has 0 bridgehead atoms. The third-order valence-electron chi connectivity index (χ3n) is 3.58. The number of nitrogen functional groups attached to an aromatic ring is 1. The molecule has 0 fully saturated rings. The molecular formula is C18H13FN4O3S. The Morgan fingerprint density at radius 3 is 2.52 bits per heavy atom. The van der Waals surface area contributed by atoms with Crippen molar-refractivity contribution in [2.45, 2.75) is 0 Å². The number of nitrogens with zero attached hydrogens (tertiary/aromatic N) is 2. The molecule has 4 N–H and O–H groups in total. The third-order valence-corrected chi connectivity index (χ3v) is 3.97. The Morgan fingerprint density at radius 1 is 1.15 bits per heavy atom. The first-order valence-corrected chi connectivity index (χ1v) is 9.09. The van der Waals surface area contributed by atoms with E-state index in [2.05, 4.69) is 11.0 Å². The highest BCUT2D eigenvalue weighted by molar-refractivity contribution is 7.93. The number of aromatic nitrogens is 2. The first-order valence-electron chi connectivity index (χ1n) is 7.54. The molecule has 0 unspecified atom stereocenters. The van der Waals surface area contributed by atoms with Gasteiger partial charge in [0.1, 0.15) is 11.6 Å². The maximum atomic E-state index is 13.1. The van der Waals surface area contributed by atoms with Crippen LogP contribution in [0.1, 0.15) is 21.5 Å². The van der Waals surface area contributed by atoms with Crippen molar-refractivity contribution >= 4 is 21.6 Å². The molecule has 7 nitrogen and oxygen atoms in total. The third kappa shape index (κ3) is 4.20. The smallest absolute Gasteiger partial charge is 0.278 e. The Labute approximate surface area is 154 Å². The zero-order chi connectivity index (χ0) is 19.6. The number of rotatable bonds is 3. The zero-order valence-electron chi connectivity index (χ0n) is 13.8. The summed E-state index contributed by atoms with van der Waals surface area (Å²) in [7, 11) is -3.95. The topological polar surface area (TPSA) is 121 Å². The van der Waals surface area contributed by atoms with Gasteiger partial charge in [-0.15, -0.1) is 0 Å². The molecule has 2 aromatic carbocycles. The van der Waals surface area contributed by atoms with E-state index < -0.39 is 21.6 Å². The van der Waals surface area contributed by atoms with Gasteiger partial charge in [-0.3, -0.25) is 4.79 Å². The standard InChI is InChI=1S/C18H13FN4O3S/c19-14-4-6-15(7-5-14)23-18(20)16(11-22-23)17(24)13-3-1-2-12(10-13)8-9-27(21,25)26/h1-7,10-11H,20H2,(H2,21,25,26). The SMILES string of the molecule is Nc1c(C(=O)c2cccc(C#CS(N)(=O)=O)c2)cnn1-c1ccc(F)cc1. The minimum absolute atomic E-state index is 0.0904. The van der Waals surface area contributed by atoms with Crippen molar-refractivity contribution < 1.29 is 17.6 Å². The lowest BCUT2D eigenvalue weighted by Gasteiger charge is -2.05. The number of halogens is 1. The van der Waals surface area contributed by atoms with E-state index in [4.69, 9.17) is 10.9 Å². The molecule has 27 heavy (non-hydrogen) atoms. The van der Waals surface area contributed by atoms with Gasteiger partial charge in [0.15, 0.2) is 5.78 Å². The lowest BCUT2D eigenvalue weighted by molar-refractivity contribution is 0.103. The van der Waals surface area contributed by atoms with Crippen LogP contribution in [0.5, 0.6) is 0 Å². The molecule has 0 saturated heterocycles. The van der Waals surface area contributed by atoms with E-state index in [0.717, 1.165) is 0 Å². The number of hydrogen-bond donors (Lipinski definition) is 2. The number of carbonyl (C=O) groups is 1. The summed E-state index contributed by atoms with van der Waals surface area (Å²) >= 11 is 0. The second-order valence-corrected chi connectivity index (χ2v) is 6.81. The Kier molecular flexibility index (Phi) is 4.77. The van der Waals surface area contributed by atoms with Crippen LogP contribution in [0.15, 0.2) is 54.7 Å². The molecule has 1 heterocycles. The average Bonchev–Trinajstić information content (AvgIpc) is 3.01. The number of carbonyl (C=O) groups excluding carboxylic acids is 1. The molecule has 136 valence electrons. The summed E-state index contributed by atoms with van der Waals surface area (Å²) in [5, 5.41) is 10.8. The monoisotopic (exact) mass is 384 g/mol. The van der Waals surface area contributed by atoms with Crippen molar-refractivity contribution in [3.63, 3.8) is 0 Å². The van der Waals surface area contributed by atoms with Crippen molar-refractivity contribution in [2.75, 3.05) is 5.73 Å². The van der Waals surface area contributed by atoms with Crippen LogP contribution in [0.25, 0.3) is 5.69 Å². The Hall–Kier alpha value is -3.48. The lowest BCUT2D eigenvalue weighted by atomic mass is 10.0. The predicted molar refractivity (Wildman–Crippen MR) is 97.8 cm³/mol. The number of hydrogen-bond acceptors (Lipinski definition) is 5. The summed E-state index contributed by atoms with van der Waals surface area (Å²) in [5.41, 5.74) is 7.23. The van der Waals surface area contributed by atoms with Crippen LogP contribution in [0.4, 0.5) is 10.2 Å². The number of ketones is 1. The highest BCUT2D eigenvalue weighted by Gasteiger charge is 2.18. The van der Waals surface area contributed by atoms with Gasteiger partial charge in [0.2, 0.25) is 0 Å². The van der Waals surface area contributed by atoms with Gasteiger partial charge in [0.05, 0.1) is 17.4 Å². The van der Waals surface area contributed by atoms with Crippen LogP contribution >= 0.6 is 0 Å². The molecule has 3 aromatic rings. The molecule has 0 atom stereocenters. The van der Waals surface area contributed by atoms with Gasteiger partial charge in [-0.1, -0.05) is 12.1 Å². The molecule has 0 aliphatic carbocycles. The first kappa shape index (κ1) is 18.3. The largest absolute Gasteiger partial charge is 0.383 e. The van der Waals surface area contributed by atoms with Crippen LogP contribution < -0.4 is 10.9 Å². The van der Waals surface area contributed by atoms with Crippen LogP contribution in [-0.2, 0) is 10.0 Å². The molecule has 0 saturated carbocycles. The molecule has 0 radical (unpaired) electrons. The number of anilines is 1. The van der Waals surface area contributed by atoms with E-state index in [1.165, 1.54) is 41.2 Å². The minimum Gasteiger partial charge on any atom is -0.383 e. The highest BCUT2D eigenvalue weighted by Crippen LogP contribution is 2.21. The summed E-state index contributed by atoms with van der Waals surface area (Å²) in [6.07, 6.45) is 1.31. The fourth-order valence-corrected chi connectivity index (χ4v) is 2.60. The van der Waals surface area contributed by atoms with Gasteiger partial charge in [-0.2, -0.15) is 13.5 Å². The molecule has 1 aromatic heterocycles. The summed E-state index contributed by atoms with van der Waals surface area (Å²) in [6, 6.07) is 11.5. The normalized spacial score (nSPS) is 10.9. The van der Waals surface area contributed by atoms with E-state index in [1.54, 1.807) is 18.2 Å². The van der Waals surface area contributed by atoms with E-state index in [-0.39, 0.29) is 16.9 Å². The minimum atomic E-state index is -3.95. The predicted octanol–water partition coefficient (Wildman–Crippen LogP) is 1.42. The summed E-state index contributed by atoms with van der Waals surface area (Å²) in [4.78, 5) is 12.7. The van der Waals surface area contributed by atoms with Gasteiger partial charge in [0.25, 0.3) is 10.0 Å². The van der Waals surface area contributed by atoms with Crippen LogP contribution in [0.2, 0.25) is 0 Å². The maximum Gasteiger partial charge on any atom is 0.278 e. The number of primary sulfonamides is 1. The van der Waals surface area contributed by atoms with Crippen LogP contribution in [0.3, 0.4) is 0 Å². The molecule has 0 aliphatic heterocycles. The Balaban J connectivity index is 1.95. The van der Waals surface area contributed by atoms with Crippen LogP contribution in [0, 0.1) is 17.0 Å². The fourth-order valence-electron chi connectivity index (χ4n) is 2.34. The fraction of sp³-hybridized carbons (Fsp3) is 0. The lowest BCUT2D eigenvalue weighted by Crippen LogP contribution is -2.08. The quantitative estimate of drug-likeness (QED) is 0.523. The van der Waals surface area contributed by atoms with Crippen molar-refractivity contribution in [3.05, 3.63) is 77.2 Å². The zero-order valence-corrected chi connectivity index (χ0v) is 14.6. The molecule has 9 heteroatoms. The van der Waals surface area contributed by atoms with Gasteiger partial charge < -0.3 is 5.73 Å². The van der Waals surface area contributed by atoms with E-state index in [9.17, 15) is 17.6 Å². The van der Waals surface area contributed by atoms with E-state index in [1.807, 2.05) is 5.25 Å². The molecule has 0 spiro atoms. The van der Waals surface area contributed by atoms with Gasteiger partial charge in [-0.25, -0.2) is 14.2 Å². The first-order chi connectivity index (χ1) is 12.7. The average molecular weight is 384 g/mol. The van der Waals surface area contributed by atoms with Crippen molar-refractivity contribution in [2.24, 2.45) is 5.14 Å². The maximum absolute atomic E-state index is 13.1. The van der Waals surface area contributed by atoms with Crippen LogP contribution in [-0.4, -0.2) is 24.0 Å². The Morgan fingerprint density at radius 2 is 1.85 bits per heavy atom. The summed E-state index contributed by atoms with van der Waals surface area (Å²) < 4.78 is 36.2. The molecule has 0 aliphatic rings. The Bertz CT molecular complexity index is 1190. The number of nitrogens with two attached hydrogens (primary N) is 2. The van der Waals surface area contributed by atoms with E-state index >= 15 is 0 Å². The second kappa shape index (κ2) is 7.03. The van der Waals surface area contributed by atoms with E-state index in [0.29, 0.717) is 11.3 Å². The highest BCUT2D eigenvalue weighted by atomic mass is 32.2. The molecular weight excluding hydrogens is 371 g/mol. The van der Waals surface area contributed by atoms with Gasteiger partial charge >= 0.3 is 0 Å². The summed E-state index contributed by atoms with van der Waals surface area (Å²) in [5.74, 6) is 1.65. The second-order valence-electron chi connectivity index (χ2n) is 5.51. The van der Waals surface area contributed by atoms with Crippen molar-refractivity contribution in [1.82, 2.24) is 9.78 Å². The van der Waals surface area contributed by atoms with Gasteiger partial charge in [-0.05, 0) is 42.3 Å². The van der Waals surface area contributed by atoms with Gasteiger partial charge in [0, 0.05) is 16.4 Å². The number of sulfonamides is 1. The summed E-state index contributed by atoms with van der Waals surface area (Å²) in [6.45, 7) is 0. The van der Waals surface area contributed by atoms with Crippen molar-refractivity contribution in [3.8, 4) is 16.9 Å². The molecule has 0 amide bonds. The molecule has 3 rings (SSSR count). The van der Waals surface area contributed by atoms with Crippen molar-refractivity contribution in [1.29, 1.82) is 0 Å².